The largest absolute Gasteiger partial charge is 0.480 e. The summed E-state index contributed by atoms with van der Waals surface area (Å²) in [7, 11) is 3.22. The minimum absolute atomic E-state index is 0.0475. The molecule has 1 rings (SSSR count). The predicted molar refractivity (Wildman–Crippen MR) is 77.3 cm³/mol. The lowest BCUT2D eigenvalue weighted by Gasteiger charge is -2.28. The summed E-state index contributed by atoms with van der Waals surface area (Å²) < 4.78 is 10.5. The van der Waals surface area contributed by atoms with E-state index in [1.165, 1.54) is 4.90 Å². The quantitative estimate of drug-likeness (QED) is 0.655. The zero-order valence-corrected chi connectivity index (χ0v) is 12.8. The number of nitrogens with one attached hydrogen (secondary N) is 1. The lowest BCUT2D eigenvalue weighted by molar-refractivity contribution is -0.139. The highest BCUT2D eigenvalue weighted by atomic mass is 16.5. The fraction of sp³-hybridized carbons (Fsp3) is 0.857. The number of carboxylic acids is 1. The molecule has 1 saturated heterocycles. The lowest BCUT2D eigenvalue weighted by Crippen LogP contribution is -2.48. The van der Waals surface area contributed by atoms with Crippen molar-refractivity contribution in [1.29, 1.82) is 0 Å². The molecular weight excluding hydrogens is 276 g/mol. The number of carboxylic acid groups (broad SMARTS) is 1. The van der Waals surface area contributed by atoms with Gasteiger partial charge in [0.15, 0.2) is 0 Å². The van der Waals surface area contributed by atoms with Gasteiger partial charge in [0.2, 0.25) is 0 Å². The van der Waals surface area contributed by atoms with E-state index in [9.17, 15) is 9.59 Å². The van der Waals surface area contributed by atoms with Crippen molar-refractivity contribution in [3.63, 3.8) is 0 Å². The number of carbonyl (C=O) groups is 2. The van der Waals surface area contributed by atoms with Crippen LogP contribution in [0.15, 0.2) is 0 Å². The van der Waals surface area contributed by atoms with Crippen molar-refractivity contribution >= 4 is 12.0 Å². The summed E-state index contributed by atoms with van der Waals surface area (Å²) in [6, 6.07) is -1.27. The van der Waals surface area contributed by atoms with Crippen LogP contribution in [0.3, 0.4) is 0 Å². The van der Waals surface area contributed by atoms with Crippen molar-refractivity contribution in [2.45, 2.75) is 44.2 Å². The minimum Gasteiger partial charge on any atom is -0.480 e. The molecule has 7 heteroatoms. The zero-order chi connectivity index (χ0) is 15.7. The summed E-state index contributed by atoms with van der Waals surface area (Å²) in [5.41, 5.74) is 0. The SMILES string of the molecule is COCCCC(NC(=O)N(C)CC1CCCCO1)C(=O)O. The van der Waals surface area contributed by atoms with E-state index in [4.69, 9.17) is 14.6 Å². The number of rotatable bonds is 8. The van der Waals surface area contributed by atoms with E-state index < -0.39 is 12.0 Å². The third kappa shape index (κ3) is 6.77. The second-order valence-corrected chi connectivity index (χ2v) is 5.34. The summed E-state index contributed by atoms with van der Waals surface area (Å²) in [5, 5.41) is 11.7. The first-order chi connectivity index (χ1) is 10.0. The molecule has 2 amide bonds. The van der Waals surface area contributed by atoms with Crippen LogP contribution >= 0.6 is 0 Å². The van der Waals surface area contributed by atoms with Gasteiger partial charge in [0.1, 0.15) is 6.04 Å². The first-order valence-corrected chi connectivity index (χ1v) is 7.39. The molecule has 0 aromatic carbocycles. The summed E-state index contributed by atoms with van der Waals surface area (Å²) in [5.74, 6) is -1.03. The van der Waals surface area contributed by atoms with Gasteiger partial charge >= 0.3 is 12.0 Å². The number of amides is 2. The van der Waals surface area contributed by atoms with Crippen molar-refractivity contribution in [3.8, 4) is 0 Å². The number of hydrogen-bond donors (Lipinski definition) is 2. The Hall–Kier alpha value is -1.34. The molecule has 2 unspecified atom stereocenters. The van der Waals surface area contributed by atoms with Crippen LogP contribution in [0.5, 0.6) is 0 Å². The highest BCUT2D eigenvalue weighted by Crippen LogP contribution is 2.13. The van der Waals surface area contributed by atoms with Crippen LogP contribution < -0.4 is 5.32 Å². The number of urea groups is 1. The lowest BCUT2D eigenvalue weighted by atomic mass is 10.1. The molecular formula is C14H26N2O5. The number of aliphatic carboxylic acids is 1. The summed E-state index contributed by atoms with van der Waals surface area (Å²) in [4.78, 5) is 24.7. The number of carbonyl (C=O) groups excluding carboxylic acids is 1. The minimum atomic E-state index is -1.03. The van der Waals surface area contributed by atoms with Crippen LogP contribution in [0, 0.1) is 0 Å². The second-order valence-electron chi connectivity index (χ2n) is 5.34. The molecule has 0 saturated carbocycles. The maximum atomic E-state index is 12.0. The van der Waals surface area contributed by atoms with Gasteiger partial charge in [0, 0.05) is 33.9 Å². The van der Waals surface area contributed by atoms with Crippen LogP contribution in [-0.2, 0) is 14.3 Å². The number of ether oxygens (including phenoxy) is 2. The van der Waals surface area contributed by atoms with E-state index in [1.54, 1.807) is 14.2 Å². The highest BCUT2D eigenvalue weighted by Gasteiger charge is 2.23. The van der Waals surface area contributed by atoms with E-state index in [1.807, 2.05) is 0 Å². The zero-order valence-electron chi connectivity index (χ0n) is 12.8. The van der Waals surface area contributed by atoms with Crippen LogP contribution in [0.1, 0.15) is 32.1 Å². The van der Waals surface area contributed by atoms with E-state index in [0.717, 1.165) is 25.9 Å². The average molecular weight is 302 g/mol. The maximum absolute atomic E-state index is 12.0. The molecule has 0 aromatic rings. The monoisotopic (exact) mass is 302 g/mol. The normalized spacial score (nSPS) is 19.8. The summed E-state index contributed by atoms with van der Waals surface area (Å²) in [6.07, 6.45) is 4.09. The van der Waals surface area contributed by atoms with Crippen molar-refractivity contribution in [3.05, 3.63) is 0 Å². The molecule has 0 aliphatic carbocycles. The Labute approximate surface area is 125 Å². The van der Waals surface area contributed by atoms with Gasteiger partial charge in [-0.2, -0.15) is 0 Å². The maximum Gasteiger partial charge on any atom is 0.326 e. The molecule has 1 heterocycles. The molecule has 2 atom stereocenters. The molecule has 0 radical (unpaired) electrons. The molecule has 1 aliphatic rings. The topological polar surface area (TPSA) is 88.1 Å². The molecule has 7 nitrogen and oxygen atoms in total. The second kappa shape index (κ2) is 9.57. The Balaban J connectivity index is 2.38. The van der Waals surface area contributed by atoms with E-state index in [0.29, 0.717) is 26.0 Å². The van der Waals surface area contributed by atoms with Gasteiger partial charge in [-0.05, 0) is 32.1 Å². The Bertz CT molecular complexity index is 331. The third-order valence-electron chi connectivity index (χ3n) is 3.54. The van der Waals surface area contributed by atoms with Gasteiger partial charge in [0.25, 0.3) is 0 Å². The van der Waals surface area contributed by atoms with Crippen LogP contribution in [0.4, 0.5) is 4.79 Å². The van der Waals surface area contributed by atoms with Gasteiger partial charge < -0.3 is 24.8 Å². The highest BCUT2D eigenvalue weighted by molar-refractivity contribution is 5.82. The number of hydrogen-bond acceptors (Lipinski definition) is 4. The molecule has 0 spiro atoms. The smallest absolute Gasteiger partial charge is 0.326 e. The van der Waals surface area contributed by atoms with E-state index in [2.05, 4.69) is 5.32 Å². The van der Waals surface area contributed by atoms with Gasteiger partial charge in [-0.3, -0.25) is 0 Å². The molecule has 2 N–H and O–H groups in total. The molecule has 21 heavy (non-hydrogen) atoms. The summed E-state index contributed by atoms with van der Waals surface area (Å²) in [6.45, 7) is 1.69. The molecule has 1 aliphatic heterocycles. The van der Waals surface area contributed by atoms with Gasteiger partial charge in [0.05, 0.1) is 6.10 Å². The number of methoxy groups -OCH3 is 1. The van der Waals surface area contributed by atoms with Crippen LogP contribution in [0.2, 0.25) is 0 Å². The number of likely N-dealkylation sites (N-methyl/N-ethyl adjacent to an activating group) is 1. The van der Waals surface area contributed by atoms with Crippen molar-refractivity contribution in [2.24, 2.45) is 0 Å². The standard InChI is InChI=1S/C14H26N2O5/c1-16(10-11-6-3-4-9-21-11)14(19)15-12(13(17)18)7-5-8-20-2/h11-12H,3-10H2,1-2H3,(H,15,19)(H,17,18). The van der Waals surface area contributed by atoms with Crippen LogP contribution in [-0.4, -0.2) is 68.1 Å². The Morgan fingerprint density at radius 1 is 1.48 bits per heavy atom. The van der Waals surface area contributed by atoms with Crippen molar-refractivity contribution in [2.75, 3.05) is 33.9 Å². The van der Waals surface area contributed by atoms with Crippen molar-refractivity contribution in [1.82, 2.24) is 10.2 Å². The predicted octanol–water partition coefficient (Wildman–Crippen LogP) is 1.08. The van der Waals surface area contributed by atoms with Crippen LogP contribution in [0.25, 0.3) is 0 Å². The number of nitrogens with zero attached hydrogens (tertiary/aromatic N) is 1. The molecule has 1 fully saturated rings. The first kappa shape index (κ1) is 17.7. The van der Waals surface area contributed by atoms with Gasteiger partial charge in [-0.1, -0.05) is 0 Å². The Morgan fingerprint density at radius 3 is 2.81 bits per heavy atom. The summed E-state index contributed by atoms with van der Waals surface area (Å²) >= 11 is 0. The Morgan fingerprint density at radius 2 is 2.24 bits per heavy atom. The molecule has 0 aromatic heterocycles. The Kier molecular flexibility index (Phi) is 8.07. The van der Waals surface area contributed by atoms with Gasteiger partial charge in [-0.25, -0.2) is 9.59 Å². The van der Waals surface area contributed by atoms with E-state index >= 15 is 0 Å². The fourth-order valence-electron chi connectivity index (χ4n) is 2.29. The molecule has 0 bridgehead atoms. The van der Waals surface area contributed by atoms with Crippen molar-refractivity contribution < 1.29 is 24.2 Å². The van der Waals surface area contributed by atoms with Gasteiger partial charge in [-0.15, -0.1) is 0 Å². The van der Waals surface area contributed by atoms with E-state index in [-0.39, 0.29) is 12.1 Å². The fourth-order valence-corrected chi connectivity index (χ4v) is 2.29. The first-order valence-electron chi connectivity index (χ1n) is 7.39. The molecule has 122 valence electrons. The average Bonchev–Trinajstić information content (AvgIpc) is 2.47. The third-order valence-corrected chi connectivity index (χ3v) is 3.54.